The van der Waals surface area contributed by atoms with E-state index in [0.29, 0.717) is 11.5 Å². The van der Waals surface area contributed by atoms with Crippen molar-refractivity contribution in [2.45, 2.75) is 0 Å². The summed E-state index contributed by atoms with van der Waals surface area (Å²) in [5.41, 5.74) is 0. The second-order valence-corrected chi connectivity index (χ2v) is 3.36. The number of hydrogen-bond donors (Lipinski definition) is 0. The van der Waals surface area contributed by atoms with Crippen LogP contribution in [-0.2, 0) is 0 Å². The average molecular weight is 271 g/mol. The van der Waals surface area contributed by atoms with Crippen molar-refractivity contribution in [3.05, 3.63) is 48.5 Å². The van der Waals surface area contributed by atoms with Crippen LogP contribution >= 0.6 is 0 Å². The molecule has 96 valence electrons. The number of benzene rings is 2. The molecule has 0 aromatic heterocycles. The zero-order chi connectivity index (χ0) is 13.4. The van der Waals surface area contributed by atoms with Gasteiger partial charge in [0.1, 0.15) is 11.5 Å². The van der Waals surface area contributed by atoms with Gasteiger partial charge < -0.3 is 19.7 Å². The van der Waals surface area contributed by atoms with E-state index >= 15 is 0 Å². The molecule has 5 heteroatoms. The predicted molar refractivity (Wildman–Crippen MR) is 70.6 cm³/mol. The van der Waals surface area contributed by atoms with Crippen molar-refractivity contribution >= 4 is 23.1 Å². The van der Waals surface area contributed by atoms with E-state index in [1.807, 2.05) is 0 Å². The van der Waals surface area contributed by atoms with Gasteiger partial charge in [-0.25, -0.2) is 0 Å². The molecule has 2 rings (SSSR count). The van der Waals surface area contributed by atoms with E-state index in [2.05, 4.69) is 0 Å². The maximum absolute atomic E-state index is 10.6. The molecule has 0 saturated carbocycles. The van der Waals surface area contributed by atoms with Gasteiger partial charge in [-0.05, 0) is 24.3 Å². The van der Waals surface area contributed by atoms with Crippen LogP contribution in [0.15, 0.2) is 48.5 Å². The van der Waals surface area contributed by atoms with Crippen molar-refractivity contribution < 1.29 is 19.7 Å². The van der Waals surface area contributed by atoms with Crippen molar-refractivity contribution in [2.24, 2.45) is 0 Å². The summed E-state index contributed by atoms with van der Waals surface area (Å²) >= 11 is 0. The molecular weight excluding hydrogens is 256 g/mol. The van der Waals surface area contributed by atoms with E-state index in [-0.39, 0.29) is 34.6 Å². The summed E-state index contributed by atoms with van der Waals surface area (Å²) in [4.78, 5) is 0. The molecule has 0 spiro atoms. The van der Waals surface area contributed by atoms with Crippen LogP contribution in [0.3, 0.4) is 0 Å². The zero-order valence-corrected chi connectivity index (χ0v) is 12.4. The van der Waals surface area contributed by atoms with Crippen molar-refractivity contribution in [1.82, 2.24) is 0 Å². The maximum Gasteiger partial charge on any atom is 2.00 e. The second kappa shape index (κ2) is 9.35. The Balaban J connectivity index is 0.000000324. The molecule has 0 heterocycles. The van der Waals surface area contributed by atoms with Crippen LogP contribution in [0.5, 0.6) is 23.0 Å². The van der Waals surface area contributed by atoms with Crippen LogP contribution in [0.25, 0.3) is 0 Å². The van der Waals surface area contributed by atoms with Gasteiger partial charge in [0.25, 0.3) is 0 Å². The summed E-state index contributed by atoms with van der Waals surface area (Å²) in [6, 6.07) is 12.7. The number of ether oxygens (including phenoxy) is 2. The van der Waals surface area contributed by atoms with Gasteiger partial charge >= 0.3 is 23.1 Å². The normalized spacial score (nSPS) is 8.53. The molecule has 2 aromatic rings. The minimum atomic E-state index is -0.0191. The first-order valence-electron chi connectivity index (χ1n) is 5.28. The van der Waals surface area contributed by atoms with Crippen LogP contribution in [0.4, 0.5) is 0 Å². The Morgan fingerprint density at radius 3 is 1.32 bits per heavy atom. The summed E-state index contributed by atoms with van der Waals surface area (Å²) in [5.74, 6) is 1.19. The molecule has 0 N–H and O–H groups in total. The molecule has 0 atom stereocenters. The molecule has 0 radical (unpaired) electrons. The van der Waals surface area contributed by atoms with E-state index in [4.69, 9.17) is 9.47 Å². The smallest absolute Gasteiger partial charge is 0.872 e. The van der Waals surface area contributed by atoms with Gasteiger partial charge in [0.05, 0.1) is 14.2 Å². The van der Waals surface area contributed by atoms with Gasteiger partial charge in [0.15, 0.2) is 0 Å². The fraction of sp³-hybridized carbons (Fsp3) is 0.143. The first kappa shape index (κ1) is 17.4. The Bertz CT molecular complexity index is 443. The van der Waals surface area contributed by atoms with Crippen molar-refractivity contribution in [3.63, 3.8) is 0 Å². The molecule has 0 fully saturated rings. The third-order valence-corrected chi connectivity index (χ3v) is 2.08. The number of hydrogen-bond acceptors (Lipinski definition) is 4. The quantitative estimate of drug-likeness (QED) is 0.768. The van der Waals surface area contributed by atoms with Gasteiger partial charge in [0.2, 0.25) is 0 Å². The average Bonchev–Trinajstić information content (AvgIpc) is 2.39. The van der Waals surface area contributed by atoms with E-state index in [1.165, 1.54) is 38.5 Å². The topological polar surface area (TPSA) is 64.6 Å². The predicted octanol–water partition coefficient (Wildman–Crippen LogP) is 1.16. The second-order valence-electron chi connectivity index (χ2n) is 3.36. The van der Waals surface area contributed by atoms with Gasteiger partial charge in [0, 0.05) is 0 Å². The summed E-state index contributed by atoms with van der Waals surface area (Å²) in [7, 11) is 3.07. The fourth-order valence-corrected chi connectivity index (χ4v) is 1.20. The number of rotatable bonds is 2. The Hall–Kier alpha value is -1.59. The van der Waals surface area contributed by atoms with E-state index in [1.54, 1.807) is 24.3 Å². The van der Waals surface area contributed by atoms with Gasteiger partial charge in [-0.2, -0.15) is 0 Å². The summed E-state index contributed by atoms with van der Waals surface area (Å²) in [5, 5.41) is 21.1. The maximum atomic E-state index is 10.6. The first-order chi connectivity index (χ1) is 8.65. The Morgan fingerprint density at radius 1 is 0.737 bits per heavy atom. The van der Waals surface area contributed by atoms with Crippen molar-refractivity contribution in [3.8, 4) is 23.0 Å². The van der Waals surface area contributed by atoms with Gasteiger partial charge in [-0.15, -0.1) is 11.5 Å². The van der Waals surface area contributed by atoms with Crippen LogP contribution < -0.4 is 19.7 Å². The van der Waals surface area contributed by atoms with Gasteiger partial charge in [-0.1, -0.05) is 24.3 Å². The standard InChI is InChI=1S/2C7H8O2.Mg/c2*1-9-7-4-2-3-6(8)5-7;/h2*2-5,8H,1H3;/q;;+2/p-2. The third kappa shape index (κ3) is 6.78. The van der Waals surface area contributed by atoms with Crippen LogP contribution in [0.1, 0.15) is 0 Å². The first-order valence-corrected chi connectivity index (χ1v) is 5.28. The molecule has 0 aliphatic heterocycles. The number of methoxy groups -OCH3 is 2. The fourth-order valence-electron chi connectivity index (χ4n) is 1.20. The third-order valence-electron chi connectivity index (χ3n) is 2.08. The Kier molecular flexibility index (Phi) is 8.57. The molecule has 0 aliphatic carbocycles. The SMILES string of the molecule is COc1cccc([O-])c1.COc1cccc([O-])c1.[Mg+2]. The largest absolute Gasteiger partial charge is 2.00 e. The molecule has 0 unspecified atom stereocenters. The summed E-state index contributed by atoms with van der Waals surface area (Å²) < 4.78 is 9.59. The van der Waals surface area contributed by atoms with Crippen LogP contribution in [0.2, 0.25) is 0 Å². The van der Waals surface area contributed by atoms with Crippen LogP contribution in [-0.4, -0.2) is 37.3 Å². The van der Waals surface area contributed by atoms with Crippen molar-refractivity contribution in [1.29, 1.82) is 0 Å². The molecule has 0 aliphatic rings. The van der Waals surface area contributed by atoms with E-state index in [0.717, 1.165) is 0 Å². The Labute approximate surface area is 128 Å². The molecule has 0 bridgehead atoms. The van der Waals surface area contributed by atoms with E-state index < -0.39 is 0 Å². The molecule has 0 amide bonds. The molecular formula is C14H14MgO4. The summed E-state index contributed by atoms with van der Waals surface area (Å²) in [6.07, 6.45) is 0. The Morgan fingerprint density at radius 2 is 1.11 bits per heavy atom. The monoisotopic (exact) mass is 270 g/mol. The molecule has 2 aromatic carbocycles. The molecule has 4 nitrogen and oxygen atoms in total. The minimum Gasteiger partial charge on any atom is -0.872 e. The molecule has 19 heavy (non-hydrogen) atoms. The van der Waals surface area contributed by atoms with Gasteiger partial charge in [-0.3, -0.25) is 0 Å². The van der Waals surface area contributed by atoms with Crippen molar-refractivity contribution in [2.75, 3.05) is 14.2 Å². The van der Waals surface area contributed by atoms with E-state index in [9.17, 15) is 10.2 Å². The summed E-state index contributed by atoms with van der Waals surface area (Å²) in [6.45, 7) is 0. The zero-order valence-electron chi connectivity index (χ0n) is 11.0. The van der Waals surface area contributed by atoms with Crippen LogP contribution in [0, 0.1) is 0 Å². The molecule has 0 saturated heterocycles. The minimum absolute atomic E-state index is 0.